The van der Waals surface area contributed by atoms with Crippen LogP contribution >= 0.6 is 11.3 Å². The van der Waals surface area contributed by atoms with E-state index in [9.17, 15) is 14.7 Å². The van der Waals surface area contributed by atoms with Gasteiger partial charge in [-0.25, -0.2) is 0 Å². The molecule has 3 heterocycles. The lowest BCUT2D eigenvalue weighted by Gasteiger charge is -2.35. The fourth-order valence-corrected chi connectivity index (χ4v) is 4.40. The maximum atomic E-state index is 12.4. The van der Waals surface area contributed by atoms with E-state index < -0.39 is 6.10 Å². The number of benzene rings is 1. The Labute approximate surface area is 162 Å². The number of carbonyl (C=O) groups is 2. The molecule has 1 N–H and O–H groups in total. The van der Waals surface area contributed by atoms with Crippen LogP contribution in [0.4, 0.5) is 0 Å². The number of nitrogens with zero attached hydrogens (tertiary/aromatic N) is 3. The second-order valence-electron chi connectivity index (χ2n) is 7.13. The number of aliphatic hydroxyl groups excluding tert-OH is 1. The van der Waals surface area contributed by atoms with Gasteiger partial charge in [0.15, 0.2) is 0 Å². The number of amides is 2. The summed E-state index contributed by atoms with van der Waals surface area (Å²) in [4.78, 5) is 30.6. The molecule has 7 heteroatoms. The van der Waals surface area contributed by atoms with Gasteiger partial charge in [-0.3, -0.25) is 24.3 Å². The van der Waals surface area contributed by atoms with E-state index in [1.807, 2.05) is 0 Å². The summed E-state index contributed by atoms with van der Waals surface area (Å²) in [6.07, 6.45) is -0.740. The maximum absolute atomic E-state index is 12.4. The molecule has 1 saturated heterocycles. The van der Waals surface area contributed by atoms with Gasteiger partial charge < -0.3 is 5.11 Å². The molecule has 0 saturated carbocycles. The molecule has 2 aliphatic heterocycles. The van der Waals surface area contributed by atoms with Gasteiger partial charge in [0, 0.05) is 39.3 Å². The number of fused-ring (bicyclic) bond motifs is 1. The van der Waals surface area contributed by atoms with Crippen LogP contribution in [0.1, 0.15) is 26.3 Å². The molecule has 1 fully saturated rings. The average Bonchev–Trinajstić information content (AvgIpc) is 3.27. The maximum Gasteiger partial charge on any atom is 0.261 e. The molecule has 0 bridgehead atoms. The van der Waals surface area contributed by atoms with E-state index in [0.717, 1.165) is 32.7 Å². The summed E-state index contributed by atoms with van der Waals surface area (Å²) < 4.78 is 0. The van der Waals surface area contributed by atoms with Crippen molar-refractivity contribution in [2.24, 2.45) is 0 Å². The van der Waals surface area contributed by atoms with Crippen LogP contribution in [0.3, 0.4) is 0 Å². The smallest absolute Gasteiger partial charge is 0.261 e. The van der Waals surface area contributed by atoms with Crippen LogP contribution < -0.4 is 0 Å². The van der Waals surface area contributed by atoms with Gasteiger partial charge in [0.1, 0.15) is 0 Å². The van der Waals surface area contributed by atoms with Gasteiger partial charge in [-0.1, -0.05) is 12.1 Å². The molecule has 2 amide bonds. The van der Waals surface area contributed by atoms with Gasteiger partial charge in [0.05, 0.1) is 23.8 Å². The number of piperazine rings is 1. The summed E-state index contributed by atoms with van der Waals surface area (Å²) in [5, 5.41) is 14.7. The Kier molecular flexibility index (Phi) is 5.36. The van der Waals surface area contributed by atoms with E-state index in [2.05, 4.69) is 26.6 Å². The standard InChI is InChI=1S/C20H23N3O3S/c24-16(13-23-19(25)17-3-1-2-4-18(17)20(23)26)12-22-8-6-21(7-9-22)11-15-5-10-27-14-15/h1-5,10,14,16,24H,6-9,11-13H2. The molecule has 1 unspecified atom stereocenters. The zero-order chi connectivity index (χ0) is 18.8. The van der Waals surface area contributed by atoms with Gasteiger partial charge >= 0.3 is 0 Å². The second-order valence-corrected chi connectivity index (χ2v) is 7.91. The minimum absolute atomic E-state index is 0.0431. The Morgan fingerprint density at radius 1 is 0.926 bits per heavy atom. The summed E-state index contributed by atoms with van der Waals surface area (Å²) in [6, 6.07) is 8.98. The minimum Gasteiger partial charge on any atom is -0.390 e. The lowest BCUT2D eigenvalue weighted by atomic mass is 10.1. The zero-order valence-electron chi connectivity index (χ0n) is 15.1. The molecule has 27 heavy (non-hydrogen) atoms. The Morgan fingerprint density at radius 2 is 1.56 bits per heavy atom. The van der Waals surface area contributed by atoms with Gasteiger partial charge in [-0.05, 0) is 34.5 Å². The highest BCUT2D eigenvalue weighted by Crippen LogP contribution is 2.22. The predicted molar refractivity (Wildman–Crippen MR) is 104 cm³/mol. The Bertz CT molecular complexity index is 781. The van der Waals surface area contributed by atoms with Crippen LogP contribution in [0, 0.1) is 0 Å². The highest BCUT2D eigenvalue weighted by atomic mass is 32.1. The fraction of sp³-hybridized carbons (Fsp3) is 0.400. The first-order valence-corrected chi connectivity index (χ1v) is 10.1. The second kappa shape index (κ2) is 7.90. The third-order valence-corrected chi connectivity index (χ3v) is 5.92. The summed E-state index contributed by atoms with van der Waals surface area (Å²) >= 11 is 1.72. The summed E-state index contributed by atoms with van der Waals surface area (Å²) in [7, 11) is 0. The van der Waals surface area contributed by atoms with Crippen LogP contribution in [0.25, 0.3) is 0 Å². The molecule has 4 rings (SSSR count). The summed E-state index contributed by atoms with van der Waals surface area (Å²) in [6.45, 7) is 5.15. The number of β-amino-alcohol motifs (C(OH)–C–C–N with tert-alkyl or cyclic N) is 1. The number of aliphatic hydroxyl groups is 1. The van der Waals surface area contributed by atoms with E-state index in [1.54, 1.807) is 35.6 Å². The lowest BCUT2D eigenvalue weighted by Crippen LogP contribution is -2.50. The topological polar surface area (TPSA) is 64.1 Å². The van der Waals surface area contributed by atoms with Crippen LogP contribution in [-0.4, -0.2) is 77.0 Å². The van der Waals surface area contributed by atoms with Crippen LogP contribution in [0.15, 0.2) is 41.1 Å². The minimum atomic E-state index is -0.740. The van der Waals surface area contributed by atoms with E-state index in [1.165, 1.54) is 10.5 Å². The third-order valence-electron chi connectivity index (χ3n) is 5.19. The fourth-order valence-electron chi connectivity index (χ4n) is 3.74. The summed E-state index contributed by atoms with van der Waals surface area (Å²) in [5.74, 6) is -0.620. The van der Waals surface area contributed by atoms with Gasteiger partial charge in [0.25, 0.3) is 11.8 Å². The molecule has 1 atom stereocenters. The summed E-state index contributed by atoms with van der Waals surface area (Å²) in [5.41, 5.74) is 2.20. The van der Waals surface area contributed by atoms with E-state index in [4.69, 9.17) is 0 Å². The SMILES string of the molecule is O=C1c2ccccc2C(=O)N1CC(O)CN1CCN(Cc2ccsc2)CC1. The number of hydrogen-bond donors (Lipinski definition) is 1. The van der Waals surface area contributed by atoms with Crippen molar-refractivity contribution >= 4 is 23.2 Å². The number of hydrogen-bond acceptors (Lipinski definition) is 6. The normalized spacial score (nSPS) is 19.5. The van der Waals surface area contributed by atoms with E-state index in [-0.39, 0.29) is 18.4 Å². The van der Waals surface area contributed by atoms with Gasteiger partial charge in [-0.15, -0.1) is 0 Å². The monoisotopic (exact) mass is 385 g/mol. The first kappa shape index (κ1) is 18.3. The number of carbonyl (C=O) groups excluding carboxylic acids is 2. The van der Waals surface area contributed by atoms with Crippen molar-refractivity contribution in [2.75, 3.05) is 39.3 Å². The van der Waals surface area contributed by atoms with Crippen molar-refractivity contribution in [2.45, 2.75) is 12.6 Å². The molecule has 0 aliphatic carbocycles. The van der Waals surface area contributed by atoms with Crippen molar-refractivity contribution in [3.05, 3.63) is 57.8 Å². The van der Waals surface area contributed by atoms with Crippen molar-refractivity contribution < 1.29 is 14.7 Å². The van der Waals surface area contributed by atoms with E-state index >= 15 is 0 Å². The van der Waals surface area contributed by atoms with Crippen molar-refractivity contribution in [1.29, 1.82) is 0 Å². The molecule has 0 spiro atoms. The Hall–Kier alpha value is -2.06. The molecule has 2 aromatic rings. The zero-order valence-corrected chi connectivity index (χ0v) is 15.9. The molecule has 1 aromatic heterocycles. The molecule has 6 nitrogen and oxygen atoms in total. The number of imide groups is 1. The third kappa shape index (κ3) is 3.96. The van der Waals surface area contributed by atoms with Crippen LogP contribution in [-0.2, 0) is 6.54 Å². The molecule has 1 aromatic carbocycles. The number of rotatable bonds is 6. The first-order valence-electron chi connectivity index (χ1n) is 9.21. The molecule has 0 radical (unpaired) electrons. The van der Waals surface area contributed by atoms with Crippen LogP contribution in [0.2, 0.25) is 0 Å². The quantitative estimate of drug-likeness (QED) is 0.764. The van der Waals surface area contributed by atoms with Crippen molar-refractivity contribution in [1.82, 2.24) is 14.7 Å². The molecule has 142 valence electrons. The van der Waals surface area contributed by atoms with Gasteiger partial charge in [-0.2, -0.15) is 11.3 Å². The number of thiophene rings is 1. The average molecular weight is 385 g/mol. The Balaban J connectivity index is 1.26. The van der Waals surface area contributed by atoms with Crippen molar-refractivity contribution in [3.8, 4) is 0 Å². The van der Waals surface area contributed by atoms with E-state index in [0.29, 0.717) is 17.7 Å². The first-order chi connectivity index (χ1) is 13.1. The lowest BCUT2D eigenvalue weighted by molar-refractivity contribution is 0.0393. The predicted octanol–water partition coefficient (Wildman–Crippen LogP) is 1.52. The molecule has 2 aliphatic rings. The largest absolute Gasteiger partial charge is 0.390 e. The van der Waals surface area contributed by atoms with Crippen LogP contribution in [0.5, 0.6) is 0 Å². The molecular weight excluding hydrogens is 362 g/mol. The highest BCUT2D eigenvalue weighted by Gasteiger charge is 2.36. The molecular formula is C20H23N3O3S. The highest BCUT2D eigenvalue weighted by molar-refractivity contribution is 7.07. The van der Waals surface area contributed by atoms with Crippen molar-refractivity contribution in [3.63, 3.8) is 0 Å². The van der Waals surface area contributed by atoms with Gasteiger partial charge in [0.2, 0.25) is 0 Å². The Morgan fingerprint density at radius 3 is 2.15 bits per heavy atom.